The summed E-state index contributed by atoms with van der Waals surface area (Å²) >= 11 is 0. The van der Waals surface area contributed by atoms with Crippen molar-refractivity contribution in [3.63, 3.8) is 0 Å². The highest BCUT2D eigenvalue weighted by Gasteiger charge is 2.38. The minimum Gasteiger partial charge on any atom is -0.494 e. The molecule has 29 heavy (non-hydrogen) atoms. The second-order valence-electron chi connectivity index (χ2n) is 7.69. The maximum atomic E-state index is 13.3. The number of amides is 1. The lowest BCUT2D eigenvalue weighted by Crippen LogP contribution is -2.38. The van der Waals surface area contributed by atoms with E-state index >= 15 is 0 Å². The fraction of sp³-hybridized carbons (Fsp3) is 0.333. The Morgan fingerprint density at radius 1 is 0.966 bits per heavy atom. The van der Waals surface area contributed by atoms with Crippen LogP contribution in [0.4, 0.5) is 4.39 Å². The summed E-state index contributed by atoms with van der Waals surface area (Å²) in [5.41, 5.74) is 3.25. The first-order chi connectivity index (χ1) is 14.0. The molecule has 0 fully saturated rings. The molecule has 2 aromatic rings. The van der Waals surface area contributed by atoms with Gasteiger partial charge in [-0.25, -0.2) is 4.39 Å². The fourth-order valence-corrected chi connectivity index (χ4v) is 4.23. The monoisotopic (exact) mass is 393 g/mol. The number of carbonyl (C=O) groups excluding carboxylic acids is 2. The van der Waals surface area contributed by atoms with E-state index in [4.69, 9.17) is 4.74 Å². The van der Waals surface area contributed by atoms with Gasteiger partial charge in [-0.15, -0.1) is 0 Å². The van der Waals surface area contributed by atoms with Gasteiger partial charge < -0.3 is 10.1 Å². The van der Waals surface area contributed by atoms with Crippen LogP contribution in [0.5, 0.6) is 5.75 Å². The van der Waals surface area contributed by atoms with E-state index in [0.717, 1.165) is 23.3 Å². The van der Waals surface area contributed by atoms with Crippen LogP contribution < -0.4 is 10.1 Å². The second-order valence-corrected chi connectivity index (χ2v) is 7.69. The SMILES string of the molecule is CCCOc1ccc(C2CC(=O)C3=C(C2)NC(=O)CC3c2ccc(F)cc2)cc1. The number of nitrogens with one attached hydrogen (secondary N) is 1. The Labute approximate surface area is 169 Å². The molecule has 1 aliphatic heterocycles. The lowest BCUT2D eigenvalue weighted by Gasteiger charge is -2.34. The maximum Gasteiger partial charge on any atom is 0.225 e. The van der Waals surface area contributed by atoms with Crippen LogP contribution in [0.3, 0.4) is 0 Å². The van der Waals surface area contributed by atoms with E-state index in [-0.39, 0.29) is 35.8 Å². The zero-order valence-corrected chi connectivity index (χ0v) is 16.4. The Balaban J connectivity index is 1.60. The number of rotatable bonds is 5. The summed E-state index contributed by atoms with van der Waals surface area (Å²) < 4.78 is 18.9. The Hall–Kier alpha value is -2.95. The molecule has 0 saturated carbocycles. The number of benzene rings is 2. The van der Waals surface area contributed by atoms with Crippen molar-refractivity contribution in [3.8, 4) is 5.75 Å². The minimum atomic E-state index is -0.329. The van der Waals surface area contributed by atoms with Crippen LogP contribution in [0.15, 0.2) is 59.8 Å². The van der Waals surface area contributed by atoms with Gasteiger partial charge in [0.1, 0.15) is 11.6 Å². The van der Waals surface area contributed by atoms with Gasteiger partial charge in [-0.3, -0.25) is 9.59 Å². The molecule has 2 aliphatic rings. The molecule has 0 radical (unpaired) electrons. The summed E-state index contributed by atoms with van der Waals surface area (Å²) in [4.78, 5) is 25.4. The van der Waals surface area contributed by atoms with Crippen molar-refractivity contribution in [1.29, 1.82) is 0 Å². The first kappa shape index (κ1) is 19.4. The molecule has 0 saturated heterocycles. The number of allylic oxidation sites excluding steroid dienone is 2. The van der Waals surface area contributed by atoms with E-state index in [1.165, 1.54) is 12.1 Å². The van der Waals surface area contributed by atoms with Gasteiger partial charge in [0.2, 0.25) is 5.91 Å². The van der Waals surface area contributed by atoms with Gasteiger partial charge >= 0.3 is 0 Å². The third-order valence-electron chi connectivity index (χ3n) is 5.63. The van der Waals surface area contributed by atoms with E-state index in [1.807, 2.05) is 24.3 Å². The predicted octanol–water partition coefficient (Wildman–Crippen LogP) is 4.62. The molecule has 4 nitrogen and oxygen atoms in total. The van der Waals surface area contributed by atoms with E-state index in [0.29, 0.717) is 30.7 Å². The standard InChI is InChI=1S/C24H24FNO3/c1-2-11-29-19-9-5-15(6-10-19)17-12-21-24(22(27)13-17)20(14-23(28)26-21)16-3-7-18(25)8-4-16/h3-10,17,20H,2,11-14H2,1H3,(H,26,28). The van der Waals surface area contributed by atoms with Gasteiger partial charge in [-0.1, -0.05) is 31.2 Å². The summed E-state index contributed by atoms with van der Waals surface area (Å²) in [5, 5.41) is 2.92. The van der Waals surface area contributed by atoms with Crippen LogP contribution in [0.2, 0.25) is 0 Å². The molecule has 2 aromatic carbocycles. The van der Waals surface area contributed by atoms with Gasteiger partial charge in [-0.2, -0.15) is 0 Å². The minimum absolute atomic E-state index is 0.0220. The smallest absolute Gasteiger partial charge is 0.225 e. The number of ketones is 1. The topological polar surface area (TPSA) is 55.4 Å². The van der Waals surface area contributed by atoms with Crippen LogP contribution in [0.25, 0.3) is 0 Å². The second kappa shape index (κ2) is 8.19. The van der Waals surface area contributed by atoms with Crippen molar-refractivity contribution in [2.24, 2.45) is 0 Å². The number of Topliss-reactive ketones (excluding diaryl/α,β-unsaturated/α-hetero) is 1. The van der Waals surface area contributed by atoms with Gasteiger partial charge in [0.25, 0.3) is 0 Å². The van der Waals surface area contributed by atoms with Gasteiger partial charge in [0.05, 0.1) is 6.61 Å². The molecule has 2 unspecified atom stereocenters. The normalized spacial score (nSPS) is 21.6. The highest BCUT2D eigenvalue weighted by molar-refractivity contribution is 6.02. The zero-order chi connectivity index (χ0) is 20.4. The average Bonchev–Trinajstić information content (AvgIpc) is 2.72. The highest BCUT2D eigenvalue weighted by atomic mass is 19.1. The number of carbonyl (C=O) groups is 2. The summed E-state index contributed by atoms with van der Waals surface area (Å²) in [6.45, 7) is 2.74. The Bertz CT molecular complexity index is 947. The van der Waals surface area contributed by atoms with Crippen LogP contribution in [0, 0.1) is 5.82 Å². The van der Waals surface area contributed by atoms with Gasteiger partial charge in [-0.05, 0) is 54.2 Å². The third-order valence-corrected chi connectivity index (χ3v) is 5.63. The average molecular weight is 393 g/mol. The fourth-order valence-electron chi connectivity index (χ4n) is 4.23. The summed E-state index contributed by atoms with van der Waals surface area (Å²) in [6, 6.07) is 13.9. The summed E-state index contributed by atoms with van der Waals surface area (Å²) in [7, 11) is 0. The Kier molecular flexibility index (Phi) is 5.47. The molecule has 5 heteroatoms. The molecular weight excluding hydrogens is 369 g/mol. The summed E-state index contributed by atoms with van der Waals surface area (Å²) in [5.74, 6) is 0.155. The third kappa shape index (κ3) is 4.09. The molecule has 0 aromatic heterocycles. The molecule has 0 bridgehead atoms. The Morgan fingerprint density at radius 2 is 1.66 bits per heavy atom. The Morgan fingerprint density at radius 3 is 2.34 bits per heavy atom. The predicted molar refractivity (Wildman–Crippen MR) is 108 cm³/mol. The molecule has 1 N–H and O–H groups in total. The van der Waals surface area contributed by atoms with E-state index in [2.05, 4.69) is 12.2 Å². The van der Waals surface area contributed by atoms with Crippen molar-refractivity contribution in [2.45, 2.75) is 44.4 Å². The first-order valence-corrected chi connectivity index (χ1v) is 10.1. The highest BCUT2D eigenvalue weighted by Crippen LogP contribution is 2.42. The molecule has 4 rings (SSSR count). The molecule has 0 spiro atoms. The van der Waals surface area contributed by atoms with Crippen molar-refractivity contribution in [2.75, 3.05) is 6.61 Å². The van der Waals surface area contributed by atoms with Crippen molar-refractivity contribution in [3.05, 3.63) is 76.7 Å². The number of ether oxygens (including phenoxy) is 1. The zero-order valence-electron chi connectivity index (χ0n) is 16.4. The van der Waals surface area contributed by atoms with Crippen molar-refractivity contribution < 1.29 is 18.7 Å². The van der Waals surface area contributed by atoms with Gasteiger partial charge in [0.15, 0.2) is 5.78 Å². The molecule has 1 aliphatic carbocycles. The van der Waals surface area contributed by atoms with Crippen molar-refractivity contribution in [1.82, 2.24) is 5.32 Å². The largest absolute Gasteiger partial charge is 0.494 e. The maximum absolute atomic E-state index is 13.3. The van der Waals surface area contributed by atoms with Crippen LogP contribution in [-0.2, 0) is 9.59 Å². The van der Waals surface area contributed by atoms with Crippen LogP contribution in [-0.4, -0.2) is 18.3 Å². The lowest BCUT2D eigenvalue weighted by atomic mass is 9.73. The molecule has 150 valence electrons. The number of halogens is 1. The quantitative estimate of drug-likeness (QED) is 0.807. The number of hydrogen-bond acceptors (Lipinski definition) is 3. The first-order valence-electron chi connectivity index (χ1n) is 10.1. The van der Waals surface area contributed by atoms with Gasteiger partial charge in [0, 0.05) is 30.0 Å². The number of hydrogen-bond donors (Lipinski definition) is 1. The molecule has 1 amide bonds. The van der Waals surface area contributed by atoms with Crippen LogP contribution >= 0.6 is 0 Å². The summed E-state index contributed by atoms with van der Waals surface area (Å²) in [6.07, 6.45) is 2.18. The van der Waals surface area contributed by atoms with E-state index in [1.54, 1.807) is 12.1 Å². The van der Waals surface area contributed by atoms with Crippen molar-refractivity contribution >= 4 is 11.7 Å². The lowest BCUT2D eigenvalue weighted by molar-refractivity contribution is -0.122. The van der Waals surface area contributed by atoms with E-state index < -0.39 is 0 Å². The molecular formula is C24H24FNO3. The molecule has 1 heterocycles. The van der Waals surface area contributed by atoms with Crippen LogP contribution in [0.1, 0.15) is 55.6 Å². The van der Waals surface area contributed by atoms with E-state index in [9.17, 15) is 14.0 Å². The molecule has 2 atom stereocenters.